The number of benzene rings is 1. The highest BCUT2D eigenvalue weighted by Gasteiger charge is 2.38. The summed E-state index contributed by atoms with van der Waals surface area (Å²) < 4.78 is 43.7. The lowest BCUT2D eigenvalue weighted by molar-refractivity contribution is -0.143. The normalized spacial score (nSPS) is 15.2. The summed E-state index contributed by atoms with van der Waals surface area (Å²) in [5.41, 5.74) is 0.492. The van der Waals surface area contributed by atoms with Crippen molar-refractivity contribution in [2.45, 2.75) is 31.6 Å². The molecule has 0 radical (unpaired) electrons. The Balaban J connectivity index is 2.10. The van der Waals surface area contributed by atoms with Crippen LogP contribution >= 0.6 is 0 Å². The molecule has 0 bridgehead atoms. The Morgan fingerprint density at radius 3 is 2.48 bits per heavy atom. The van der Waals surface area contributed by atoms with Crippen molar-refractivity contribution in [1.82, 2.24) is 4.31 Å². The van der Waals surface area contributed by atoms with Crippen molar-refractivity contribution in [3.05, 3.63) is 35.6 Å². The van der Waals surface area contributed by atoms with Gasteiger partial charge in [-0.05, 0) is 37.5 Å². The van der Waals surface area contributed by atoms with Gasteiger partial charge in [0.1, 0.15) is 12.4 Å². The summed E-state index contributed by atoms with van der Waals surface area (Å²) in [6.07, 6.45) is 1.50. The molecule has 116 valence electrons. The molecule has 1 aliphatic carbocycles. The summed E-state index contributed by atoms with van der Waals surface area (Å²) in [4.78, 5) is 11.6. The minimum absolute atomic E-state index is 0.125. The second-order valence-corrected chi connectivity index (χ2v) is 6.89. The molecular formula is C14H18FNO4S. The summed E-state index contributed by atoms with van der Waals surface area (Å²) in [6, 6.07) is 5.18. The highest BCUT2D eigenvalue weighted by atomic mass is 32.2. The minimum Gasteiger partial charge on any atom is -0.465 e. The smallest absolute Gasteiger partial charge is 0.321 e. The topological polar surface area (TPSA) is 63.7 Å². The molecule has 1 saturated carbocycles. The number of halogens is 1. The Labute approximate surface area is 123 Å². The molecule has 1 aromatic rings. The molecule has 0 amide bonds. The third-order valence-corrected chi connectivity index (χ3v) is 5.00. The Hall–Kier alpha value is -1.47. The fraction of sp³-hybridized carbons (Fsp3) is 0.500. The molecule has 1 fully saturated rings. The van der Waals surface area contributed by atoms with E-state index in [-0.39, 0.29) is 24.9 Å². The van der Waals surface area contributed by atoms with Crippen LogP contribution in [0, 0.1) is 5.82 Å². The molecule has 0 aliphatic heterocycles. The highest BCUT2D eigenvalue weighted by molar-refractivity contribution is 7.88. The van der Waals surface area contributed by atoms with Gasteiger partial charge >= 0.3 is 5.97 Å². The first-order valence-corrected chi connectivity index (χ1v) is 8.43. The van der Waals surface area contributed by atoms with E-state index >= 15 is 0 Å². The molecule has 0 heterocycles. The molecule has 2 rings (SSSR count). The Morgan fingerprint density at radius 2 is 1.95 bits per heavy atom. The molecule has 1 aromatic carbocycles. The van der Waals surface area contributed by atoms with Gasteiger partial charge in [0.05, 0.1) is 12.4 Å². The number of nitrogens with zero attached hydrogens (tertiary/aromatic N) is 1. The molecule has 7 heteroatoms. The molecule has 0 spiro atoms. The molecule has 0 atom stereocenters. The zero-order valence-corrected chi connectivity index (χ0v) is 12.6. The first kappa shape index (κ1) is 15.9. The standard InChI is InChI=1S/C14H18FNO4S/c1-2-20-14(17)9-16(13-7-8-13)21(18,19)10-11-3-5-12(15)6-4-11/h3-6,13H,2,7-10H2,1H3. The average molecular weight is 315 g/mol. The van der Waals surface area contributed by atoms with Crippen LogP contribution in [0.15, 0.2) is 24.3 Å². The predicted octanol–water partition coefficient (Wildman–Crippen LogP) is 1.68. The zero-order chi connectivity index (χ0) is 15.5. The van der Waals surface area contributed by atoms with E-state index in [1.165, 1.54) is 28.6 Å². The van der Waals surface area contributed by atoms with Crippen LogP contribution in [0.5, 0.6) is 0 Å². The van der Waals surface area contributed by atoms with Crippen LogP contribution in [-0.2, 0) is 25.3 Å². The molecular weight excluding hydrogens is 297 g/mol. The van der Waals surface area contributed by atoms with Gasteiger partial charge in [-0.15, -0.1) is 0 Å². The van der Waals surface area contributed by atoms with Crippen LogP contribution in [0.3, 0.4) is 0 Å². The summed E-state index contributed by atoms with van der Waals surface area (Å²) in [7, 11) is -3.63. The quantitative estimate of drug-likeness (QED) is 0.718. The Bertz CT molecular complexity index is 596. The van der Waals surface area contributed by atoms with Gasteiger partial charge in [-0.1, -0.05) is 12.1 Å². The molecule has 21 heavy (non-hydrogen) atoms. The number of carbonyl (C=O) groups is 1. The van der Waals surface area contributed by atoms with Crippen molar-refractivity contribution in [3.63, 3.8) is 0 Å². The van der Waals surface area contributed by atoms with Crippen molar-refractivity contribution in [2.24, 2.45) is 0 Å². The summed E-state index contributed by atoms with van der Waals surface area (Å²) in [5, 5.41) is 0. The van der Waals surface area contributed by atoms with Crippen molar-refractivity contribution in [2.75, 3.05) is 13.2 Å². The van der Waals surface area contributed by atoms with E-state index in [1.807, 2.05) is 0 Å². The predicted molar refractivity (Wildman–Crippen MR) is 75.4 cm³/mol. The average Bonchev–Trinajstić information content (AvgIpc) is 3.23. The van der Waals surface area contributed by atoms with Crippen LogP contribution in [0.25, 0.3) is 0 Å². The van der Waals surface area contributed by atoms with Crippen LogP contribution in [-0.4, -0.2) is 37.9 Å². The van der Waals surface area contributed by atoms with E-state index in [0.717, 1.165) is 12.8 Å². The van der Waals surface area contributed by atoms with E-state index in [0.29, 0.717) is 5.56 Å². The lowest BCUT2D eigenvalue weighted by Crippen LogP contribution is -2.38. The third-order valence-electron chi connectivity index (χ3n) is 3.16. The third kappa shape index (κ3) is 4.50. The first-order chi connectivity index (χ1) is 9.92. The van der Waals surface area contributed by atoms with Gasteiger partial charge in [0, 0.05) is 6.04 Å². The van der Waals surface area contributed by atoms with E-state index in [9.17, 15) is 17.6 Å². The van der Waals surface area contributed by atoms with Crippen LogP contribution in [0.4, 0.5) is 4.39 Å². The second kappa shape index (κ2) is 6.53. The molecule has 0 N–H and O–H groups in total. The summed E-state index contributed by atoms with van der Waals surface area (Å²) in [6.45, 7) is 1.63. The maximum Gasteiger partial charge on any atom is 0.321 e. The highest BCUT2D eigenvalue weighted by Crippen LogP contribution is 2.30. The van der Waals surface area contributed by atoms with Gasteiger partial charge in [-0.3, -0.25) is 4.79 Å². The fourth-order valence-corrected chi connectivity index (χ4v) is 3.77. The molecule has 0 saturated heterocycles. The molecule has 0 aromatic heterocycles. The number of hydrogen-bond acceptors (Lipinski definition) is 4. The zero-order valence-electron chi connectivity index (χ0n) is 11.8. The maximum absolute atomic E-state index is 12.9. The number of esters is 1. The minimum atomic E-state index is -3.63. The summed E-state index contributed by atoms with van der Waals surface area (Å²) in [5.74, 6) is -1.21. The van der Waals surface area contributed by atoms with Gasteiger partial charge in [0.15, 0.2) is 0 Å². The number of ether oxygens (including phenoxy) is 1. The van der Waals surface area contributed by atoms with Crippen molar-refractivity contribution < 1.29 is 22.3 Å². The summed E-state index contributed by atoms with van der Waals surface area (Å²) >= 11 is 0. The molecule has 1 aliphatic rings. The van der Waals surface area contributed by atoms with Gasteiger partial charge in [0.2, 0.25) is 10.0 Å². The lowest BCUT2D eigenvalue weighted by Gasteiger charge is -2.20. The fourth-order valence-electron chi connectivity index (χ4n) is 2.03. The number of rotatable bonds is 7. The maximum atomic E-state index is 12.9. The van der Waals surface area contributed by atoms with Gasteiger partial charge in [0.25, 0.3) is 0 Å². The van der Waals surface area contributed by atoms with Crippen molar-refractivity contribution >= 4 is 16.0 Å². The van der Waals surface area contributed by atoms with Gasteiger partial charge in [-0.25, -0.2) is 12.8 Å². The lowest BCUT2D eigenvalue weighted by atomic mass is 10.2. The van der Waals surface area contributed by atoms with E-state index in [4.69, 9.17) is 4.74 Å². The number of carbonyl (C=O) groups excluding carboxylic acids is 1. The van der Waals surface area contributed by atoms with Crippen molar-refractivity contribution in [3.8, 4) is 0 Å². The Morgan fingerprint density at radius 1 is 1.33 bits per heavy atom. The van der Waals surface area contributed by atoms with Crippen LogP contribution in [0.2, 0.25) is 0 Å². The Kier molecular flexibility index (Phi) is 4.95. The van der Waals surface area contributed by atoms with Crippen LogP contribution < -0.4 is 0 Å². The van der Waals surface area contributed by atoms with Crippen LogP contribution in [0.1, 0.15) is 25.3 Å². The number of sulfonamides is 1. The van der Waals surface area contributed by atoms with E-state index < -0.39 is 21.8 Å². The molecule has 0 unspecified atom stereocenters. The largest absolute Gasteiger partial charge is 0.465 e. The second-order valence-electron chi connectivity index (χ2n) is 4.96. The van der Waals surface area contributed by atoms with Crippen molar-refractivity contribution in [1.29, 1.82) is 0 Å². The van der Waals surface area contributed by atoms with E-state index in [2.05, 4.69) is 0 Å². The first-order valence-electron chi connectivity index (χ1n) is 6.82. The monoisotopic (exact) mass is 315 g/mol. The van der Waals surface area contributed by atoms with Gasteiger partial charge < -0.3 is 4.74 Å². The molecule has 5 nitrogen and oxygen atoms in total. The number of hydrogen-bond donors (Lipinski definition) is 0. The van der Waals surface area contributed by atoms with Gasteiger partial charge in [-0.2, -0.15) is 4.31 Å². The van der Waals surface area contributed by atoms with E-state index in [1.54, 1.807) is 6.92 Å². The SMILES string of the molecule is CCOC(=O)CN(C1CC1)S(=O)(=O)Cc1ccc(F)cc1.